The number of aromatic nitrogens is 1. The van der Waals surface area contributed by atoms with Crippen LogP contribution >= 0.6 is 0 Å². The number of anilines is 1. The smallest absolute Gasteiger partial charge is 0.262 e. The van der Waals surface area contributed by atoms with Gasteiger partial charge < -0.3 is 9.64 Å². The largest absolute Gasteiger partial charge is 0.496 e. The number of ether oxygens (including phenoxy) is 1. The van der Waals surface area contributed by atoms with Gasteiger partial charge in [0.2, 0.25) is 0 Å². The molecule has 4 nitrogen and oxygen atoms in total. The molecule has 25 heavy (non-hydrogen) atoms. The molecule has 0 bridgehead atoms. The first-order valence-electron chi connectivity index (χ1n) is 8.45. The van der Waals surface area contributed by atoms with Gasteiger partial charge >= 0.3 is 0 Å². The fraction of sp³-hybridized carbons (Fsp3) is 0.238. The lowest BCUT2D eigenvalue weighted by molar-refractivity contribution is 0.0977. The topological polar surface area (TPSA) is 42.4 Å². The maximum atomic E-state index is 13.3. The summed E-state index contributed by atoms with van der Waals surface area (Å²) in [6.45, 7) is 4.58. The summed E-state index contributed by atoms with van der Waals surface area (Å²) in [6.07, 6.45) is 0.805. The first kappa shape index (κ1) is 15.6. The van der Waals surface area contributed by atoms with Crippen molar-refractivity contribution >= 4 is 22.5 Å². The monoisotopic (exact) mass is 332 g/mol. The van der Waals surface area contributed by atoms with E-state index in [1.54, 1.807) is 7.11 Å². The number of hydrogen-bond donors (Lipinski definition) is 0. The SMILES string of the molecule is COc1c(C)ccc2c1C(=O)N(c1cccc3ccc(C)nc13)CC2. The van der Waals surface area contributed by atoms with Gasteiger partial charge in [0.05, 0.1) is 23.9 Å². The molecular weight excluding hydrogens is 312 g/mol. The number of methoxy groups -OCH3 is 1. The van der Waals surface area contributed by atoms with Gasteiger partial charge in [0, 0.05) is 17.6 Å². The quantitative estimate of drug-likeness (QED) is 0.710. The Labute approximate surface area is 147 Å². The van der Waals surface area contributed by atoms with Gasteiger partial charge in [0.1, 0.15) is 5.75 Å². The van der Waals surface area contributed by atoms with Gasteiger partial charge in [-0.15, -0.1) is 0 Å². The van der Waals surface area contributed by atoms with E-state index in [1.807, 2.05) is 61.2 Å². The van der Waals surface area contributed by atoms with Crippen molar-refractivity contribution in [3.05, 3.63) is 64.8 Å². The van der Waals surface area contributed by atoms with Crippen LogP contribution < -0.4 is 9.64 Å². The third-order valence-electron chi connectivity index (χ3n) is 4.84. The van der Waals surface area contributed by atoms with Crippen molar-refractivity contribution in [2.24, 2.45) is 0 Å². The Morgan fingerprint density at radius 1 is 1.08 bits per heavy atom. The maximum Gasteiger partial charge on any atom is 0.262 e. The highest BCUT2D eigenvalue weighted by molar-refractivity contribution is 6.13. The molecule has 2 aromatic carbocycles. The highest BCUT2D eigenvalue weighted by Crippen LogP contribution is 2.35. The van der Waals surface area contributed by atoms with E-state index in [9.17, 15) is 4.79 Å². The molecule has 2 heterocycles. The van der Waals surface area contributed by atoms with Crippen LogP contribution in [-0.4, -0.2) is 24.5 Å². The summed E-state index contributed by atoms with van der Waals surface area (Å²) in [6, 6.07) is 14.1. The van der Waals surface area contributed by atoms with Crippen LogP contribution in [0.3, 0.4) is 0 Å². The number of fused-ring (bicyclic) bond motifs is 2. The highest BCUT2D eigenvalue weighted by atomic mass is 16.5. The summed E-state index contributed by atoms with van der Waals surface area (Å²) in [4.78, 5) is 19.8. The van der Waals surface area contributed by atoms with Crippen molar-refractivity contribution in [1.29, 1.82) is 0 Å². The second kappa shape index (κ2) is 5.88. The van der Waals surface area contributed by atoms with Gasteiger partial charge in [-0.25, -0.2) is 0 Å². The van der Waals surface area contributed by atoms with E-state index in [0.29, 0.717) is 17.9 Å². The van der Waals surface area contributed by atoms with Crippen LogP contribution in [0.1, 0.15) is 27.2 Å². The number of pyridine rings is 1. The van der Waals surface area contributed by atoms with Crippen molar-refractivity contribution in [2.45, 2.75) is 20.3 Å². The number of rotatable bonds is 2. The Morgan fingerprint density at radius 3 is 2.72 bits per heavy atom. The molecule has 3 aromatic rings. The molecular formula is C21H20N2O2. The second-order valence-electron chi connectivity index (χ2n) is 6.46. The van der Waals surface area contributed by atoms with Crippen LogP contribution in [0.5, 0.6) is 5.75 Å². The average Bonchev–Trinajstić information content (AvgIpc) is 2.62. The van der Waals surface area contributed by atoms with Crippen molar-refractivity contribution in [3.63, 3.8) is 0 Å². The van der Waals surface area contributed by atoms with Gasteiger partial charge in [-0.05, 0) is 43.5 Å². The van der Waals surface area contributed by atoms with Crippen LogP contribution in [0.15, 0.2) is 42.5 Å². The van der Waals surface area contributed by atoms with E-state index in [2.05, 4.69) is 4.98 Å². The Kier molecular flexibility index (Phi) is 3.68. The summed E-state index contributed by atoms with van der Waals surface area (Å²) in [5.41, 5.74) is 5.37. The predicted octanol–water partition coefficient (Wildman–Crippen LogP) is 4.06. The standard InChI is InChI=1S/C21H20N2O2/c1-13-7-9-15-11-12-23(21(24)18(15)20(13)25-3)17-6-4-5-16-10-8-14(2)22-19(16)17/h4-10H,11-12H2,1-3H3. The molecule has 126 valence electrons. The minimum absolute atomic E-state index is 0.0161. The van der Waals surface area contributed by atoms with Crippen molar-refractivity contribution < 1.29 is 9.53 Å². The summed E-state index contributed by atoms with van der Waals surface area (Å²) < 4.78 is 5.54. The maximum absolute atomic E-state index is 13.3. The fourth-order valence-electron chi connectivity index (χ4n) is 3.58. The summed E-state index contributed by atoms with van der Waals surface area (Å²) >= 11 is 0. The third kappa shape index (κ3) is 2.45. The molecule has 1 amide bonds. The Bertz CT molecular complexity index is 995. The molecule has 1 aliphatic heterocycles. The first-order valence-corrected chi connectivity index (χ1v) is 8.45. The summed E-state index contributed by atoms with van der Waals surface area (Å²) in [5.74, 6) is 0.661. The molecule has 1 aliphatic rings. The van der Waals surface area contributed by atoms with Crippen LogP contribution in [-0.2, 0) is 6.42 Å². The van der Waals surface area contributed by atoms with E-state index in [0.717, 1.165) is 39.8 Å². The average molecular weight is 332 g/mol. The van der Waals surface area contributed by atoms with E-state index in [1.165, 1.54) is 0 Å². The van der Waals surface area contributed by atoms with Crippen LogP contribution in [0.2, 0.25) is 0 Å². The minimum atomic E-state index is -0.0161. The molecule has 0 radical (unpaired) electrons. The first-order chi connectivity index (χ1) is 12.1. The van der Waals surface area contributed by atoms with Crippen LogP contribution in [0.4, 0.5) is 5.69 Å². The third-order valence-corrected chi connectivity index (χ3v) is 4.84. The van der Waals surface area contributed by atoms with Gasteiger partial charge in [-0.3, -0.25) is 9.78 Å². The predicted molar refractivity (Wildman–Crippen MR) is 99.6 cm³/mol. The lowest BCUT2D eigenvalue weighted by Gasteiger charge is -2.30. The number of nitrogens with zero attached hydrogens (tertiary/aromatic N) is 2. The molecule has 0 atom stereocenters. The zero-order valence-corrected chi connectivity index (χ0v) is 14.7. The van der Waals surface area contributed by atoms with Crippen molar-refractivity contribution in [1.82, 2.24) is 4.98 Å². The highest BCUT2D eigenvalue weighted by Gasteiger charge is 2.30. The number of para-hydroxylation sites is 1. The summed E-state index contributed by atoms with van der Waals surface area (Å²) in [7, 11) is 1.62. The van der Waals surface area contributed by atoms with E-state index in [-0.39, 0.29) is 5.91 Å². The molecule has 0 unspecified atom stereocenters. The van der Waals surface area contributed by atoms with Gasteiger partial charge in [-0.2, -0.15) is 0 Å². The van der Waals surface area contributed by atoms with Crippen molar-refractivity contribution in [2.75, 3.05) is 18.6 Å². The zero-order valence-electron chi connectivity index (χ0n) is 14.7. The van der Waals surface area contributed by atoms with Gasteiger partial charge in [-0.1, -0.05) is 30.3 Å². The Hall–Kier alpha value is -2.88. The van der Waals surface area contributed by atoms with Crippen LogP contribution in [0.25, 0.3) is 10.9 Å². The van der Waals surface area contributed by atoms with E-state index in [4.69, 9.17) is 4.74 Å². The minimum Gasteiger partial charge on any atom is -0.496 e. The van der Waals surface area contributed by atoms with Gasteiger partial charge in [0.25, 0.3) is 5.91 Å². The number of carbonyl (C=O) groups excluding carboxylic acids is 1. The molecule has 0 saturated carbocycles. The molecule has 0 spiro atoms. The van der Waals surface area contributed by atoms with E-state index < -0.39 is 0 Å². The lowest BCUT2D eigenvalue weighted by Crippen LogP contribution is -2.38. The molecule has 1 aromatic heterocycles. The molecule has 0 aliphatic carbocycles. The summed E-state index contributed by atoms with van der Waals surface area (Å²) in [5, 5.41) is 1.04. The number of amides is 1. The van der Waals surface area contributed by atoms with E-state index >= 15 is 0 Å². The fourth-order valence-corrected chi connectivity index (χ4v) is 3.58. The lowest BCUT2D eigenvalue weighted by atomic mass is 9.95. The number of hydrogen-bond acceptors (Lipinski definition) is 3. The second-order valence-corrected chi connectivity index (χ2v) is 6.46. The Balaban J connectivity index is 1.88. The molecule has 4 heteroatoms. The Morgan fingerprint density at radius 2 is 1.92 bits per heavy atom. The molecule has 4 rings (SSSR count). The number of benzene rings is 2. The molecule has 0 fully saturated rings. The molecule has 0 N–H and O–H groups in total. The normalized spacial score (nSPS) is 13.9. The van der Waals surface area contributed by atoms with Gasteiger partial charge in [0.15, 0.2) is 0 Å². The van der Waals surface area contributed by atoms with Crippen molar-refractivity contribution in [3.8, 4) is 5.75 Å². The van der Waals surface area contributed by atoms with Crippen LogP contribution in [0, 0.1) is 13.8 Å². The number of aryl methyl sites for hydroxylation is 2. The molecule has 0 saturated heterocycles. The zero-order chi connectivity index (χ0) is 17.6. The number of carbonyl (C=O) groups is 1.